The summed E-state index contributed by atoms with van der Waals surface area (Å²) >= 11 is 3.91. The third kappa shape index (κ3) is 4.76. The summed E-state index contributed by atoms with van der Waals surface area (Å²) in [4.78, 5) is 22.7. The highest BCUT2D eigenvalue weighted by molar-refractivity contribution is 7.80. The molecule has 1 atom stereocenters. The summed E-state index contributed by atoms with van der Waals surface area (Å²) < 4.78 is 37.6. The molecule has 0 radical (unpaired) electrons. The second kappa shape index (κ2) is 6.65. The standard InChI is InChI=1S/C12H13F3N2O2S/c1-7(18)16-10(6-20)11(19)17-9-4-2-3-8(5-9)12(13,14)15/h2-5,10,20H,6H2,1H3,(H,16,18)(H,17,19). The second-order valence-corrected chi connectivity index (χ2v) is 4.37. The molecule has 0 heterocycles. The maximum Gasteiger partial charge on any atom is 0.416 e. The average molecular weight is 306 g/mol. The van der Waals surface area contributed by atoms with Gasteiger partial charge in [0.25, 0.3) is 0 Å². The predicted molar refractivity (Wildman–Crippen MR) is 71.5 cm³/mol. The quantitative estimate of drug-likeness (QED) is 0.746. The lowest BCUT2D eigenvalue weighted by molar-refractivity contribution is -0.137. The number of anilines is 1. The summed E-state index contributed by atoms with van der Waals surface area (Å²) in [5.74, 6) is -1.03. The van der Waals surface area contributed by atoms with Gasteiger partial charge in [-0.2, -0.15) is 25.8 Å². The van der Waals surface area contributed by atoms with Crippen molar-refractivity contribution in [2.45, 2.75) is 19.1 Å². The van der Waals surface area contributed by atoms with Crippen LogP contribution in [-0.2, 0) is 15.8 Å². The largest absolute Gasteiger partial charge is 0.416 e. The number of benzene rings is 1. The molecule has 1 rings (SSSR count). The van der Waals surface area contributed by atoms with Crippen molar-refractivity contribution in [1.82, 2.24) is 5.32 Å². The third-order valence-electron chi connectivity index (χ3n) is 2.33. The molecule has 0 saturated heterocycles. The topological polar surface area (TPSA) is 58.2 Å². The molecule has 1 aromatic carbocycles. The Hall–Kier alpha value is -1.70. The number of nitrogens with one attached hydrogen (secondary N) is 2. The first-order valence-electron chi connectivity index (χ1n) is 5.60. The Morgan fingerprint density at radius 1 is 1.35 bits per heavy atom. The molecule has 0 aromatic heterocycles. The smallest absolute Gasteiger partial charge is 0.344 e. The van der Waals surface area contributed by atoms with Gasteiger partial charge in [0.2, 0.25) is 11.8 Å². The number of carbonyl (C=O) groups excluding carboxylic acids is 2. The van der Waals surface area contributed by atoms with E-state index in [2.05, 4.69) is 23.3 Å². The number of alkyl halides is 3. The molecule has 0 spiro atoms. The lowest BCUT2D eigenvalue weighted by Crippen LogP contribution is -2.44. The van der Waals surface area contributed by atoms with Crippen LogP contribution < -0.4 is 10.6 Å². The van der Waals surface area contributed by atoms with Crippen molar-refractivity contribution in [3.63, 3.8) is 0 Å². The van der Waals surface area contributed by atoms with Crippen LogP contribution in [0.25, 0.3) is 0 Å². The van der Waals surface area contributed by atoms with E-state index in [9.17, 15) is 22.8 Å². The van der Waals surface area contributed by atoms with Crippen molar-refractivity contribution in [2.75, 3.05) is 11.1 Å². The fourth-order valence-corrected chi connectivity index (χ4v) is 1.70. The van der Waals surface area contributed by atoms with E-state index in [4.69, 9.17) is 0 Å². The number of hydrogen-bond donors (Lipinski definition) is 3. The third-order valence-corrected chi connectivity index (χ3v) is 2.70. The molecule has 2 amide bonds. The van der Waals surface area contributed by atoms with Gasteiger partial charge in [-0.05, 0) is 18.2 Å². The van der Waals surface area contributed by atoms with Crippen molar-refractivity contribution >= 4 is 30.1 Å². The number of amides is 2. The summed E-state index contributed by atoms with van der Waals surface area (Å²) in [7, 11) is 0. The Balaban J connectivity index is 2.82. The molecule has 4 nitrogen and oxygen atoms in total. The summed E-state index contributed by atoms with van der Waals surface area (Å²) in [6.45, 7) is 1.23. The lowest BCUT2D eigenvalue weighted by atomic mass is 10.2. The number of halogens is 3. The second-order valence-electron chi connectivity index (χ2n) is 4.00. The van der Waals surface area contributed by atoms with Crippen LogP contribution in [0.3, 0.4) is 0 Å². The number of carbonyl (C=O) groups is 2. The maximum atomic E-state index is 12.5. The summed E-state index contributed by atoms with van der Waals surface area (Å²) in [6, 6.07) is 3.33. The van der Waals surface area contributed by atoms with E-state index in [0.717, 1.165) is 12.1 Å². The molecule has 0 fully saturated rings. The van der Waals surface area contributed by atoms with E-state index in [1.54, 1.807) is 0 Å². The Labute approximate surface area is 119 Å². The van der Waals surface area contributed by atoms with Crippen LogP contribution in [0.5, 0.6) is 0 Å². The zero-order chi connectivity index (χ0) is 15.3. The molecule has 0 aliphatic carbocycles. The van der Waals surface area contributed by atoms with E-state index in [-0.39, 0.29) is 11.4 Å². The maximum absolute atomic E-state index is 12.5. The Kier molecular flexibility index (Phi) is 5.43. The summed E-state index contributed by atoms with van der Waals surface area (Å²) in [6.07, 6.45) is -4.48. The molecular weight excluding hydrogens is 293 g/mol. The zero-order valence-corrected chi connectivity index (χ0v) is 11.4. The van der Waals surface area contributed by atoms with Crippen molar-refractivity contribution < 1.29 is 22.8 Å². The normalized spacial score (nSPS) is 12.7. The van der Waals surface area contributed by atoms with Crippen LogP contribution in [0.1, 0.15) is 12.5 Å². The first kappa shape index (κ1) is 16.4. The van der Waals surface area contributed by atoms with E-state index in [1.807, 2.05) is 0 Å². The van der Waals surface area contributed by atoms with Gasteiger partial charge in [0.15, 0.2) is 0 Å². The first-order chi connectivity index (χ1) is 9.24. The van der Waals surface area contributed by atoms with E-state index < -0.39 is 29.6 Å². The fraction of sp³-hybridized carbons (Fsp3) is 0.333. The highest BCUT2D eigenvalue weighted by Crippen LogP contribution is 2.30. The minimum atomic E-state index is -4.48. The molecule has 0 aliphatic heterocycles. The Bertz CT molecular complexity index is 506. The molecule has 110 valence electrons. The predicted octanol–water partition coefficient (Wildman–Crippen LogP) is 2.08. The van der Waals surface area contributed by atoms with Crippen molar-refractivity contribution in [2.24, 2.45) is 0 Å². The fourth-order valence-electron chi connectivity index (χ4n) is 1.44. The Morgan fingerprint density at radius 3 is 2.50 bits per heavy atom. The molecule has 0 saturated carbocycles. The van der Waals surface area contributed by atoms with Gasteiger partial charge in [-0.15, -0.1) is 0 Å². The van der Waals surface area contributed by atoms with Crippen LogP contribution in [-0.4, -0.2) is 23.6 Å². The molecule has 0 bridgehead atoms. The molecule has 1 unspecified atom stereocenters. The number of hydrogen-bond acceptors (Lipinski definition) is 3. The van der Waals surface area contributed by atoms with E-state index in [0.29, 0.717) is 0 Å². The monoisotopic (exact) mass is 306 g/mol. The van der Waals surface area contributed by atoms with Crippen molar-refractivity contribution in [3.05, 3.63) is 29.8 Å². The first-order valence-corrected chi connectivity index (χ1v) is 6.23. The van der Waals surface area contributed by atoms with Crippen LogP contribution in [0.4, 0.5) is 18.9 Å². The molecular formula is C12H13F3N2O2S. The average Bonchev–Trinajstić information content (AvgIpc) is 2.34. The number of rotatable bonds is 4. The van der Waals surface area contributed by atoms with Crippen LogP contribution in [0, 0.1) is 0 Å². The van der Waals surface area contributed by atoms with Gasteiger partial charge in [0.1, 0.15) is 6.04 Å². The zero-order valence-electron chi connectivity index (χ0n) is 10.5. The van der Waals surface area contributed by atoms with Gasteiger partial charge in [0.05, 0.1) is 5.56 Å². The molecule has 2 N–H and O–H groups in total. The van der Waals surface area contributed by atoms with Crippen molar-refractivity contribution in [3.8, 4) is 0 Å². The lowest BCUT2D eigenvalue weighted by Gasteiger charge is -2.16. The van der Waals surface area contributed by atoms with Crippen molar-refractivity contribution in [1.29, 1.82) is 0 Å². The summed E-state index contributed by atoms with van der Waals surface area (Å²) in [5, 5.41) is 4.65. The summed E-state index contributed by atoms with van der Waals surface area (Å²) in [5.41, 5.74) is -0.862. The molecule has 0 aliphatic rings. The van der Waals surface area contributed by atoms with Gasteiger partial charge < -0.3 is 10.6 Å². The van der Waals surface area contributed by atoms with Gasteiger partial charge >= 0.3 is 6.18 Å². The highest BCUT2D eigenvalue weighted by atomic mass is 32.1. The van der Waals surface area contributed by atoms with Gasteiger partial charge in [-0.3, -0.25) is 9.59 Å². The van der Waals surface area contributed by atoms with Gasteiger partial charge in [-0.1, -0.05) is 6.07 Å². The minimum absolute atomic E-state index is 0.00182. The van der Waals surface area contributed by atoms with E-state index in [1.165, 1.54) is 19.1 Å². The van der Waals surface area contributed by atoms with Crippen LogP contribution in [0.2, 0.25) is 0 Å². The molecule has 20 heavy (non-hydrogen) atoms. The Morgan fingerprint density at radius 2 is 2.00 bits per heavy atom. The highest BCUT2D eigenvalue weighted by Gasteiger charge is 2.30. The van der Waals surface area contributed by atoms with E-state index >= 15 is 0 Å². The SMILES string of the molecule is CC(=O)NC(CS)C(=O)Nc1cccc(C(F)(F)F)c1. The molecule has 8 heteroatoms. The van der Waals surface area contributed by atoms with Gasteiger partial charge in [0, 0.05) is 18.4 Å². The van der Waals surface area contributed by atoms with Gasteiger partial charge in [-0.25, -0.2) is 0 Å². The van der Waals surface area contributed by atoms with Crippen LogP contribution in [0.15, 0.2) is 24.3 Å². The molecule has 1 aromatic rings. The van der Waals surface area contributed by atoms with Crippen LogP contribution >= 0.6 is 12.6 Å². The number of thiol groups is 1. The minimum Gasteiger partial charge on any atom is -0.344 e.